The van der Waals surface area contributed by atoms with E-state index in [0.29, 0.717) is 12.0 Å². The minimum absolute atomic E-state index is 0.109. The number of carbonyl (C=O) groups is 1. The molecule has 1 fully saturated rings. The second-order valence-electron chi connectivity index (χ2n) is 5.73. The molecule has 0 aromatic carbocycles. The van der Waals surface area contributed by atoms with Gasteiger partial charge in [-0.25, -0.2) is 0 Å². The molecule has 1 aromatic heterocycles. The van der Waals surface area contributed by atoms with Crippen LogP contribution in [0.25, 0.3) is 6.08 Å². The fourth-order valence-electron chi connectivity index (χ4n) is 2.05. The molecule has 1 saturated carbocycles. The maximum Gasteiger partial charge on any atom is 0.246 e. The maximum absolute atomic E-state index is 12.2. The smallest absolute Gasteiger partial charge is 0.246 e. The molecule has 0 N–H and O–H groups in total. The molecule has 1 aliphatic rings. The molecule has 2 rings (SSSR count). The maximum atomic E-state index is 12.2. The Hall–Kier alpha value is -1.51. The van der Waals surface area contributed by atoms with Gasteiger partial charge in [0, 0.05) is 18.7 Å². The summed E-state index contributed by atoms with van der Waals surface area (Å²) in [6, 6.07) is 4.25. The van der Waals surface area contributed by atoms with Gasteiger partial charge in [-0.1, -0.05) is 13.8 Å². The highest BCUT2D eigenvalue weighted by atomic mass is 16.3. The molecule has 0 radical (unpaired) electrons. The van der Waals surface area contributed by atoms with E-state index in [1.54, 1.807) is 12.2 Å². The molecule has 1 aromatic rings. The van der Waals surface area contributed by atoms with Crippen molar-refractivity contribution in [3.05, 3.63) is 29.7 Å². The summed E-state index contributed by atoms with van der Waals surface area (Å²) in [5.41, 5.74) is 0. The Morgan fingerprint density at radius 2 is 2.21 bits per heavy atom. The van der Waals surface area contributed by atoms with Gasteiger partial charge in [-0.15, -0.1) is 0 Å². The third-order valence-electron chi connectivity index (χ3n) is 3.37. The molecule has 19 heavy (non-hydrogen) atoms. The van der Waals surface area contributed by atoms with E-state index in [1.807, 2.05) is 24.0 Å². The van der Waals surface area contributed by atoms with Gasteiger partial charge in [0.2, 0.25) is 5.91 Å². The molecule has 0 bridgehead atoms. The summed E-state index contributed by atoms with van der Waals surface area (Å²) >= 11 is 0. The Bertz CT molecular complexity index is 455. The van der Waals surface area contributed by atoms with Crippen molar-refractivity contribution in [2.45, 2.75) is 46.1 Å². The molecule has 1 heterocycles. The summed E-state index contributed by atoms with van der Waals surface area (Å²) in [6.45, 7) is 7.15. The van der Waals surface area contributed by atoms with Crippen molar-refractivity contribution in [3.8, 4) is 0 Å². The van der Waals surface area contributed by atoms with Crippen LogP contribution in [0.4, 0.5) is 0 Å². The molecule has 0 aliphatic heterocycles. The Kier molecular flexibility index (Phi) is 4.46. The zero-order chi connectivity index (χ0) is 13.8. The van der Waals surface area contributed by atoms with Crippen LogP contribution in [0.1, 0.15) is 44.6 Å². The second-order valence-corrected chi connectivity index (χ2v) is 5.73. The average Bonchev–Trinajstić information content (AvgIpc) is 3.09. The van der Waals surface area contributed by atoms with Gasteiger partial charge in [-0.2, -0.15) is 0 Å². The van der Waals surface area contributed by atoms with E-state index in [4.69, 9.17) is 4.42 Å². The normalized spacial score (nSPS) is 15.4. The molecule has 0 spiro atoms. The van der Waals surface area contributed by atoms with Crippen LogP contribution in [0, 0.1) is 12.8 Å². The fourth-order valence-corrected chi connectivity index (χ4v) is 2.05. The summed E-state index contributed by atoms with van der Waals surface area (Å²) in [7, 11) is 0. The Labute approximate surface area is 115 Å². The Morgan fingerprint density at radius 3 is 2.74 bits per heavy atom. The second kappa shape index (κ2) is 6.09. The molecule has 0 saturated heterocycles. The monoisotopic (exact) mass is 261 g/mol. The van der Waals surface area contributed by atoms with E-state index < -0.39 is 0 Å². The lowest BCUT2D eigenvalue weighted by atomic mass is 10.1. The summed E-state index contributed by atoms with van der Waals surface area (Å²) in [6.07, 6.45) is 6.77. The lowest BCUT2D eigenvalue weighted by Gasteiger charge is -2.21. The van der Waals surface area contributed by atoms with Crippen molar-refractivity contribution in [1.29, 1.82) is 0 Å². The first-order valence-corrected chi connectivity index (χ1v) is 7.11. The number of aryl methyl sites for hydroxylation is 1. The van der Waals surface area contributed by atoms with Crippen LogP contribution in [0.2, 0.25) is 0 Å². The van der Waals surface area contributed by atoms with Crippen molar-refractivity contribution in [2.24, 2.45) is 5.92 Å². The molecule has 104 valence electrons. The number of carbonyl (C=O) groups excluding carboxylic acids is 1. The van der Waals surface area contributed by atoms with E-state index in [-0.39, 0.29) is 5.91 Å². The van der Waals surface area contributed by atoms with Gasteiger partial charge in [0.15, 0.2) is 0 Å². The SMILES string of the molecule is Cc1ccc(/C=C/C(=O)N(CCC(C)C)C2CC2)o1. The van der Waals surface area contributed by atoms with Crippen LogP contribution in [-0.4, -0.2) is 23.4 Å². The molecule has 0 unspecified atom stereocenters. The van der Waals surface area contributed by atoms with E-state index in [9.17, 15) is 4.79 Å². The van der Waals surface area contributed by atoms with Gasteiger partial charge >= 0.3 is 0 Å². The predicted octanol–water partition coefficient (Wildman–Crippen LogP) is 3.64. The molecular weight excluding hydrogens is 238 g/mol. The zero-order valence-corrected chi connectivity index (χ0v) is 12.1. The first-order chi connectivity index (χ1) is 9.06. The van der Waals surface area contributed by atoms with Crippen LogP contribution in [0.3, 0.4) is 0 Å². The number of hydrogen-bond donors (Lipinski definition) is 0. The molecule has 1 amide bonds. The Balaban J connectivity index is 1.93. The zero-order valence-electron chi connectivity index (χ0n) is 12.1. The summed E-state index contributed by atoms with van der Waals surface area (Å²) < 4.78 is 5.43. The third kappa shape index (κ3) is 4.27. The van der Waals surface area contributed by atoms with Crippen LogP contribution in [0.15, 0.2) is 22.6 Å². The van der Waals surface area contributed by atoms with Gasteiger partial charge in [-0.3, -0.25) is 4.79 Å². The molecule has 3 heteroatoms. The number of nitrogens with zero attached hydrogens (tertiary/aromatic N) is 1. The summed E-state index contributed by atoms with van der Waals surface area (Å²) in [5, 5.41) is 0. The van der Waals surface area contributed by atoms with Crippen molar-refractivity contribution in [1.82, 2.24) is 4.90 Å². The van der Waals surface area contributed by atoms with Crippen molar-refractivity contribution in [3.63, 3.8) is 0 Å². The quantitative estimate of drug-likeness (QED) is 0.732. The van der Waals surface area contributed by atoms with Crippen molar-refractivity contribution in [2.75, 3.05) is 6.54 Å². The molecule has 0 atom stereocenters. The predicted molar refractivity (Wildman–Crippen MR) is 76.7 cm³/mol. The number of hydrogen-bond acceptors (Lipinski definition) is 2. The molecule has 1 aliphatic carbocycles. The van der Waals surface area contributed by atoms with E-state index in [0.717, 1.165) is 37.3 Å². The third-order valence-corrected chi connectivity index (χ3v) is 3.37. The van der Waals surface area contributed by atoms with Gasteiger partial charge in [0.05, 0.1) is 0 Å². The highest BCUT2D eigenvalue weighted by Gasteiger charge is 2.31. The largest absolute Gasteiger partial charge is 0.462 e. The van der Waals surface area contributed by atoms with Crippen LogP contribution in [0.5, 0.6) is 0 Å². The number of amides is 1. The summed E-state index contributed by atoms with van der Waals surface area (Å²) in [4.78, 5) is 14.2. The number of furan rings is 1. The van der Waals surface area contributed by atoms with Crippen LogP contribution < -0.4 is 0 Å². The Morgan fingerprint density at radius 1 is 1.47 bits per heavy atom. The van der Waals surface area contributed by atoms with Gasteiger partial charge < -0.3 is 9.32 Å². The fraction of sp³-hybridized carbons (Fsp3) is 0.562. The number of rotatable bonds is 6. The van der Waals surface area contributed by atoms with E-state index in [2.05, 4.69) is 13.8 Å². The first kappa shape index (κ1) is 13.9. The molecule has 3 nitrogen and oxygen atoms in total. The van der Waals surface area contributed by atoms with E-state index >= 15 is 0 Å². The first-order valence-electron chi connectivity index (χ1n) is 7.11. The standard InChI is InChI=1S/C16H23NO2/c1-12(2)10-11-17(14-5-6-14)16(18)9-8-15-7-4-13(3)19-15/h4,7-9,12,14H,5-6,10-11H2,1-3H3/b9-8+. The summed E-state index contributed by atoms with van der Waals surface area (Å²) in [5.74, 6) is 2.35. The topological polar surface area (TPSA) is 33.5 Å². The van der Waals surface area contributed by atoms with Gasteiger partial charge in [0.25, 0.3) is 0 Å². The van der Waals surface area contributed by atoms with Gasteiger partial charge in [0.1, 0.15) is 11.5 Å². The van der Waals surface area contributed by atoms with Crippen molar-refractivity contribution < 1.29 is 9.21 Å². The van der Waals surface area contributed by atoms with Crippen LogP contribution >= 0.6 is 0 Å². The highest BCUT2D eigenvalue weighted by molar-refractivity contribution is 5.91. The molecular formula is C16H23NO2. The van der Waals surface area contributed by atoms with E-state index in [1.165, 1.54) is 0 Å². The lowest BCUT2D eigenvalue weighted by Crippen LogP contribution is -2.33. The average molecular weight is 261 g/mol. The highest BCUT2D eigenvalue weighted by Crippen LogP contribution is 2.27. The van der Waals surface area contributed by atoms with Crippen LogP contribution in [-0.2, 0) is 4.79 Å². The minimum atomic E-state index is 0.109. The van der Waals surface area contributed by atoms with Crippen molar-refractivity contribution >= 4 is 12.0 Å². The lowest BCUT2D eigenvalue weighted by molar-refractivity contribution is -0.126. The van der Waals surface area contributed by atoms with Gasteiger partial charge in [-0.05, 0) is 50.3 Å². The minimum Gasteiger partial charge on any atom is -0.462 e.